The van der Waals surface area contributed by atoms with Gasteiger partial charge in [0, 0.05) is 18.7 Å². The minimum absolute atomic E-state index is 0.00768. The molecule has 138 valence electrons. The molecule has 1 saturated heterocycles. The van der Waals surface area contributed by atoms with Gasteiger partial charge in [-0.3, -0.25) is 4.79 Å². The number of hydrogen-bond donors (Lipinski definition) is 0. The van der Waals surface area contributed by atoms with Gasteiger partial charge in [-0.05, 0) is 35.8 Å². The third-order valence-electron chi connectivity index (χ3n) is 4.75. The summed E-state index contributed by atoms with van der Waals surface area (Å²) in [7, 11) is 1.61. The first-order valence-corrected chi connectivity index (χ1v) is 9.04. The average Bonchev–Trinajstić information content (AvgIpc) is 3.41. The Labute approximate surface area is 157 Å². The Balaban J connectivity index is 1.70. The number of benzene rings is 2. The van der Waals surface area contributed by atoms with Crippen LogP contribution in [0.2, 0.25) is 0 Å². The number of nitrogens with zero attached hydrogens (tertiary/aromatic N) is 5. The Kier molecular flexibility index (Phi) is 4.82. The van der Waals surface area contributed by atoms with E-state index in [1.807, 2.05) is 59.5 Å². The van der Waals surface area contributed by atoms with Crippen molar-refractivity contribution in [2.75, 3.05) is 20.2 Å². The lowest BCUT2D eigenvalue weighted by Crippen LogP contribution is -2.36. The first kappa shape index (κ1) is 17.2. The van der Waals surface area contributed by atoms with Crippen LogP contribution in [0, 0.1) is 0 Å². The number of aromatic nitrogens is 4. The summed E-state index contributed by atoms with van der Waals surface area (Å²) in [4.78, 5) is 16.5. The fraction of sp³-hybridized carbons (Fsp3) is 0.300. The summed E-state index contributed by atoms with van der Waals surface area (Å²) in [6, 6.07) is 16.5. The summed E-state index contributed by atoms with van der Waals surface area (Å²) in [5, 5.41) is 12.9. The van der Waals surface area contributed by atoms with Gasteiger partial charge in [0.05, 0.1) is 7.11 Å². The third kappa shape index (κ3) is 3.53. The first-order chi connectivity index (χ1) is 13.3. The third-order valence-corrected chi connectivity index (χ3v) is 4.75. The van der Waals surface area contributed by atoms with Crippen LogP contribution in [-0.4, -0.2) is 51.2 Å². The summed E-state index contributed by atoms with van der Waals surface area (Å²) >= 11 is 0. The molecule has 4 rings (SSSR count). The molecular formula is C20H21N5O2. The van der Waals surface area contributed by atoms with Gasteiger partial charge in [0.2, 0.25) is 5.82 Å². The van der Waals surface area contributed by atoms with Crippen molar-refractivity contribution in [2.45, 2.75) is 18.9 Å². The Morgan fingerprint density at radius 3 is 2.59 bits per heavy atom. The van der Waals surface area contributed by atoms with Gasteiger partial charge in [-0.1, -0.05) is 42.5 Å². The number of rotatable bonds is 5. The largest absolute Gasteiger partial charge is 0.497 e. The SMILES string of the molecule is COc1cccc(-c2nnn([C@H](C(=O)N3CCCC3)c3ccccc3)n2)c1. The molecule has 0 spiro atoms. The van der Waals surface area contributed by atoms with E-state index in [0.29, 0.717) is 5.82 Å². The Hall–Kier alpha value is -3.22. The number of tetrazole rings is 1. The zero-order valence-electron chi connectivity index (χ0n) is 15.2. The summed E-state index contributed by atoms with van der Waals surface area (Å²) < 4.78 is 5.26. The molecule has 1 aliphatic heterocycles. The maximum Gasteiger partial charge on any atom is 0.254 e. The van der Waals surface area contributed by atoms with Crippen molar-refractivity contribution in [3.63, 3.8) is 0 Å². The summed E-state index contributed by atoms with van der Waals surface area (Å²) in [5.74, 6) is 1.19. The number of ether oxygens (including phenoxy) is 1. The van der Waals surface area contributed by atoms with Crippen LogP contribution < -0.4 is 4.74 Å². The van der Waals surface area contributed by atoms with Crippen LogP contribution in [0.15, 0.2) is 54.6 Å². The molecule has 0 unspecified atom stereocenters. The molecule has 2 heterocycles. The number of carbonyl (C=O) groups is 1. The van der Waals surface area contributed by atoms with Gasteiger partial charge in [0.15, 0.2) is 6.04 Å². The van der Waals surface area contributed by atoms with Gasteiger partial charge in [-0.25, -0.2) is 0 Å². The molecule has 1 amide bonds. The molecule has 1 aromatic heterocycles. The molecule has 3 aromatic rings. The monoisotopic (exact) mass is 363 g/mol. The standard InChI is InChI=1S/C20H21N5O2/c1-27-17-11-7-10-16(14-17)19-21-23-25(22-19)18(15-8-3-2-4-9-15)20(26)24-12-5-6-13-24/h2-4,7-11,14,18H,5-6,12-13H2,1H3/t18-/m0/s1. The highest BCUT2D eigenvalue weighted by Gasteiger charge is 2.31. The van der Waals surface area contributed by atoms with Crippen molar-refractivity contribution < 1.29 is 9.53 Å². The molecule has 1 fully saturated rings. The molecule has 0 radical (unpaired) electrons. The molecule has 7 nitrogen and oxygen atoms in total. The van der Waals surface area contributed by atoms with Crippen LogP contribution in [0.1, 0.15) is 24.4 Å². The number of amides is 1. The molecular weight excluding hydrogens is 342 g/mol. The quantitative estimate of drug-likeness (QED) is 0.697. The highest BCUT2D eigenvalue weighted by Crippen LogP contribution is 2.24. The molecule has 0 bridgehead atoms. The van der Waals surface area contributed by atoms with E-state index < -0.39 is 6.04 Å². The van der Waals surface area contributed by atoms with Crippen LogP contribution in [0.25, 0.3) is 11.4 Å². The Morgan fingerprint density at radius 1 is 1.07 bits per heavy atom. The minimum Gasteiger partial charge on any atom is -0.497 e. The van der Waals surface area contributed by atoms with Crippen molar-refractivity contribution in [2.24, 2.45) is 0 Å². The first-order valence-electron chi connectivity index (χ1n) is 9.04. The number of likely N-dealkylation sites (tertiary alicyclic amines) is 1. The highest BCUT2D eigenvalue weighted by molar-refractivity contribution is 5.83. The fourth-order valence-corrected chi connectivity index (χ4v) is 3.33. The van der Waals surface area contributed by atoms with Crippen LogP contribution >= 0.6 is 0 Å². The van der Waals surface area contributed by atoms with Crippen molar-refractivity contribution in [1.82, 2.24) is 25.1 Å². The fourth-order valence-electron chi connectivity index (χ4n) is 3.33. The van der Waals surface area contributed by atoms with Crippen LogP contribution in [-0.2, 0) is 4.79 Å². The zero-order chi connectivity index (χ0) is 18.6. The minimum atomic E-state index is -0.615. The van der Waals surface area contributed by atoms with Gasteiger partial charge in [-0.2, -0.15) is 0 Å². The van der Waals surface area contributed by atoms with E-state index in [9.17, 15) is 4.79 Å². The lowest BCUT2D eigenvalue weighted by atomic mass is 10.1. The van der Waals surface area contributed by atoms with E-state index in [2.05, 4.69) is 15.4 Å². The topological polar surface area (TPSA) is 73.1 Å². The smallest absolute Gasteiger partial charge is 0.254 e. The van der Waals surface area contributed by atoms with Crippen LogP contribution in [0.5, 0.6) is 5.75 Å². The van der Waals surface area contributed by atoms with Gasteiger partial charge < -0.3 is 9.64 Å². The molecule has 0 N–H and O–H groups in total. The number of hydrogen-bond acceptors (Lipinski definition) is 5. The molecule has 0 saturated carbocycles. The van der Waals surface area contributed by atoms with Crippen LogP contribution in [0.3, 0.4) is 0 Å². The van der Waals surface area contributed by atoms with Crippen molar-refractivity contribution in [1.29, 1.82) is 0 Å². The number of carbonyl (C=O) groups excluding carboxylic acids is 1. The van der Waals surface area contributed by atoms with Crippen LogP contribution in [0.4, 0.5) is 0 Å². The second-order valence-electron chi connectivity index (χ2n) is 6.51. The van der Waals surface area contributed by atoms with E-state index in [1.165, 1.54) is 4.80 Å². The summed E-state index contributed by atoms with van der Waals surface area (Å²) in [6.07, 6.45) is 2.07. The van der Waals surface area contributed by atoms with E-state index in [0.717, 1.165) is 42.8 Å². The van der Waals surface area contributed by atoms with E-state index in [-0.39, 0.29) is 5.91 Å². The predicted molar refractivity (Wildman–Crippen MR) is 100 cm³/mol. The van der Waals surface area contributed by atoms with E-state index in [1.54, 1.807) is 7.11 Å². The molecule has 1 aliphatic rings. The molecule has 0 aliphatic carbocycles. The Morgan fingerprint density at radius 2 is 1.85 bits per heavy atom. The Bertz CT molecular complexity index is 919. The average molecular weight is 363 g/mol. The van der Waals surface area contributed by atoms with Gasteiger partial charge >= 0.3 is 0 Å². The maximum absolute atomic E-state index is 13.2. The van der Waals surface area contributed by atoms with Gasteiger partial charge in [0.1, 0.15) is 5.75 Å². The van der Waals surface area contributed by atoms with Gasteiger partial charge in [-0.15, -0.1) is 15.0 Å². The van der Waals surface area contributed by atoms with E-state index >= 15 is 0 Å². The van der Waals surface area contributed by atoms with Crippen molar-refractivity contribution in [3.05, 3.63) is 60.2 Å². The maximum atomic E-state index is 13.2. The molecule has 7 heteroatoms. The highest BCUT2D eigenvalue weighted by atomic mass is 16.5. The number of methoxy groups -OCH3 is 1. The molecule has 27 heavy (non-hydrogen) atoms. The molecule has 2 aromatic carbocycles. The zero-order valence-corrected chi connectivity index (χ0v) is 15.2. The predicted octanol–water partition coefficient (Wildman–Crippen LogP) is 2.56. The molecule has 1 atom stereocenters. The van der Waals surface area contributed by atoms with Gasteiger partial charge in [0.25, 0.3) is 5.91 Å². The lowest BCUT2D eigenvalue weighted by molar-refractivity contribution is -0.133. The second kappa shape index (κ2) is 7.57. The van der Waals surface area contributed by atoms with Crippen molar-refractivity contribution >= 4 is 5.91 Å². The summed E-state index contributed by atoms with van der Waals surface area (Å²) in [5.41, 5.74) is 1.64. The van der Waals surface area contributed by atoms with E-state index in [4.69, 9.17) is 4.74 Å². The second-order valence-corrected chi connectivity index (χ2v) is 6.51. The summed E-state index contributed by atoms with van der Waals surface area (Å²) in [6.45, 7) is 1.55. The normalized spacial score (nSPS) is 14.9. The lowest BCUT2D eigenvalue weighted by Gasteiger charge is -2.22. The van der Waals surface area contributed by atoms with Crippen molar-refractivity contribution in [3.8, 4) is 17.1 Å².